The quantitative estimate of drug-likeness (QED) is 0.901. The Bertz CT molecular complexity index is 558. The number of carbonyl (C=O) groups is 1. The van der Waals surface area contributed by atoms with Crippen molar-refractivity contribution >= 4 is 11.6 Å². The first kappa shape index (κ1) is 17.3. The molecule has 0 radical (unpaired) electrons. The summed E-state index contributed by atoms with van der Waals surface area (Å²) in [6.45, 7) is 9.56. The molecule has 2 rings (SSSR count). The van der Waals surface area contributed by atoms with Crippen molar-refractivity contribution in [3.8, 4) is 6.07 Å². The third kappa shape index (κ3) is 4.46. The van der Waals surface area contributed by atoms with Gasteiger partial charge in [-0.15, -0.1) is 0 Å². The zero-order valence-corrected chi connectivity index (χ0v) is 14.2. The highest BCUT2D eigenvalue weighted by Gasteiger charge is 2.30. The van der Waals surface area contributed by atoms with Crippen LogP contribution in [0.5, 0.6) is 0 Å². The lowest BCUT2D eigenvalue weighted by molar-refractivity contribution is -0.124. The van der Waals surface area contributed by atoms with Crippen molar-refractivity contribution in [3.63, 3.8) is 0 Å². The van der Waals surface area contributed by atoms with E-state index in [-0.39, 0.29) is 11.8 Å². The number of amides is 1. The van der Waals surface area contributed by atoms with Gasteiger partial charge < -0.3 is 10.2 Å². The number of piperazine rings is 1. The summed E-state index contributed by atoms with van der Waals surface area (Å²) in [4.78, 5) is 16.7. The number of nitrogens with zero attached hydrogens (tertiary/aromatic N) is 3. The summed E-state index contributed by atoms with van der Waals surface area (Å²) in [5, 5.41) is 12.2. The van der Waals surface area contributed by atoms with Gasteiger partial charge in [0.2, 0.25) is 5.91 Å². The van der Waals surface area contributed by atoms with E-state index >= 15 is 0 Å². The van der Waals surface area contributed by atoms with Crippen molar-refractivity contribution in [2.45, 2.75) is 26.3 Å². The van der Waals surface area contributed by atoms with Crippen LogP contribution in [0.1, 0.15) is 20.8 Å². The number of rotatable bonds is 5. The lowest BCUT2D eigenvalue weighted by Gasteiger charge is -2.36. The number of nitrogens with one attached hydrogen (secondary N) is 1. The van der Waals surface area contributed by atoms with Crippen LogP contribution in [0.2, 0.25) is 0 Å². The maximum absolute atomic E-state index is 12.2. The van der Waals surface area contributed by atoms with Gasteiger partial charge in [-0.25, -0.2) is 0 Å². The second-order valence-electron chi connectivity index (χ2n) is 6.62. The standard InChI is InChI=1S/C18H26N4O/c1-15(2)18(3,14-19)20-17(23)13-21-9-11-22(12-10-21)16-7-5-4-6-8-16/h4-8,15H,9-13H2,1-3H3,(H,20,23). The molecule has 124 valence electrons. The van der Waals surface area contributed by atoms with Gasteiger partial charge in [-0.1, -0.05) is 32.0 Å². The highest BCUT2D eigenvalue weighted by Crippen LogP contribution is 2.17. The van der Waals surface area contributed by atoms with Crippen molar-refractivity contribution in [1.29, 1.82) is 5.26 Å². The largest absolute Gasteiger partial charge is 0.369 e. The monoisotopic (exact) mass is 314 g/mol. The molecule has 1 N–H and O–H groups in total. The Morgan fingerprint density at radius 1 is 1.26 bits per heavy atom. The molecule has 1 amide bonds. The van der Waals surface area contributed by atoms with Crippen LogP contribution in [0.15, 0.2) is 30.3 Å². The third-order valence-electron chi connectivity index (χ3n) is 4.65. The number of benzene rings is 1. The fraction of sp³-hybridized carbons (Fsp3) is 0.556. The Morgan fingerprint density at radius 3 is 2.39 bits per heavy atom. The van der Waals surface area contributed by atoms with Crippen molar-refractivity contribution < 1.29 is 4.79 Å². The van der Waals surface area contributed by atoms with E-state index < -0.39 is 5.54 Å². The zero-order chi connectivity index (χ0) is 16.9. The average Bonchev–Trinajstić information content (AvgIpc) is 2.56. The number of para-hydroxylation sites is 1. The number of hydrogen-bond donors (Lipinski definition) is 1. The topological polar surface area (TPSA) is 59.4 Å². The van der Waals surface area contributed by atoms with Gasteiger partial charge in [-0.3, -0.25) is 9.69 Å². The Kier molecular flexibility index (Phi) is 5.62. The molecule has 1 unspecified atom stereocenters. The van der Waals surface area contributed by atoms with Gasteiger partial charge in [0.15, 0.2) is 0 Å². The second-order valence-corrected chi connectivity index (χ2v) is 6.62. The predicted octanol–water partition coefficient (Wildman–Crippen LogP) is 1.86. The highest BCUT2D eigenvalue weighted by molar-refractivity contribution is 5.79. The first-order valence-corrected chi connectivity index (χ1v) is 8.19. The minimum absolute atomic E-state index is 0.0732. The Labute approximate surface area is 138 Å². The van der Waals surface area contributed by atoms with E-state index in [1.54, 1.807) is 6.92 Å². The molecule has 5 nitrogen and oxygen atoms in total. The molecule has 1 heterocycles. The summed E-state index contributed by atoms with van der Waals surface area (Å²) >= 11 is 0. The van der Waals surface area contributed by atoms with Crippen molar-refractivity contribution in [1.82, 2.24) is 10.2 Å². The van der Waals surface area contributed by atoms with Gasteiger partial charge in [-0.2, -0.15) is 5.26 Å². The van der Waals surface area contributed by atoms with Gasteiger partial charge in [-0.05, 0) is 25.0 Å². The molecule has 0 bridgehead atoms. The van der Waals surface area contributed by atoms with Crippen molar-refractivity contribution in [3.05, 3.63) is 30.3 Å². The lowest BCUT2D eigenvalue weighted by atomic mass is 9.90. The van der Waals surface area contributed by atoms with Crippen LogP contribution in [0, 0.1) is 17.2 Å². The van der Waals surface area contributed by atoms with Gasteiger partial charge in [0, 0.05) is 31.9 Å². The molecular formula is C18H26N4O. The van der Waals surface area contributed by atoms with E-state index in [4.69, 9.17) is 0 Å². The lowest BCUT2D eigenvalue weighted by Crippen LogP contribution is -2.54. The minimum Gasteiger partial charge on any atom is -0.369 e. The minimum atomic E-state index is -0.803. The first-order chi connectivity index (χ1) is 10.9. The number of nitriles is 1. The average molecular weight is 314 g/mol. The van der Waals surface area contributed by atoms with E-state index in [1.807, 2.05) is 32.0 Å². The van der Waals surface area contributed by atoms with E-state index in [9.17, 15) is 10.1 Å². The van der Waals surface area contributed by atoms with E-state index in [0.717, 1.165) is 26.2 Å². The molecule has 1 aromatic rings. The van der Waals surface area contributed by atoms with Gasteiger partial charge in [0.25, 0.3) is 0 Å². The van der Waals surface area contributed by atoms with Crippen LogP contribution < -0.4 is 10.2 Å². The van der Waals surface area contributed by atoms with E-state index in [0.29, 0.717) is 6.54 Å². The second kappa shape index (κ2) is 7.47. The summed E-state index contributed by atoms with van der Waals surface area (Å²) < 4.78 is 0. The number of anilines is 1. The Morgan fingerprint density at radius 2 is 1.87 bits per heavy atom. The van der Waals surface area contributed by atoms with Gasteiger partial charge in [0.05, 0.1) is 12.6 Å². The maximum Gasteiger partial charge on any atom is 0.235 e. The fourth-order valence-corrected chi connectivity index (χ4v) is 2.64. The van der Waals surface area contributed by atoms with Crippen LogP contribution in [0.25, 0.3) is 0 Å². The van der Waals surface area contributed by atoms with E-state index in [2.05, 4.69) is 33.3 Å². The number of carbonyl (C=O) groups excluding carboxylic acids is 1. The molecular weight excluding hydrogens is 288 g/mol. The van der Waals surface area contributed by atoms with Crippen LogP contribution in [-0.2, 0) is 4.79 Å². The summed E-state index contributed by atoms with van der Waals surface area (Å²) in [5.41, 5.74) is 0.427. The molecule has 0 spiro atoms. The number of hydrogen-bond acceptors (Lipinski definition) is 4. The molecule has 1 saturated heterocycles. The predicted molar refractivity (Wildman–Crippen MR) is 92.1 cm³/mol. The van der Waals surface area contributed by atoms with Crippen molar-refractivity contribution in [2.24, 2.45) is 5.92 Å². The normalized spacial score (nSPS) is 18.3. The van der Waals surface area contributed by atoms with Crippen LogP contribution in [0.3, 0.4) is 0 Å². The molecule has 0 saturated carbocycles. The molecule has 1 aliphatic heterocycles. The van der Waals surface area contributed by atoms with Crippen LogP contribution in [-0.4, -0.2) is 49.1 Å². The smallest absolute Gasteiger partial charge is 0.235 e. The molecule has 23 heavy (non-hydrogen) atoms. The molecule has 0 aliphatic carbocycles. The maximum atomic E-state index is 12.2. The molecule has 1 aromatic carbocycles. The van der Waals surface area contributed by atoms with Gasteiger partial charge in [0.1, 0.15) is 5.54 Å². The van der Waals surface area contributed by atoms with E-state index in [1.165, 1.54) is 5.69 Å². The zero-order valence-electron chi connectivity index (χ0n) is 14.2. The SMILES string of the molecule is CC(C)C(C)(C#N)NC(=O)CN1CCN(c2ccccc2)CC1. The summed E-state index contributed by atoms with van der Waals surface area (Å²) in [5.74, 6) is 0.00212. The molecule has 0 aromatic heterocycles. The van der Waals surface area contributed by atoms with Crippen LogP contribution >= 0.6 is 0 Å². The van der Waals surface area contributed by atoms with Crippen LogP contribution in [0.4, 0.5) is 5.69 Å². The van der Waals surface area contributed by atoms with Gasteiger partial charge >= 0.3 is 0 Å². The first-order valence-electron chi connectivity index (χ1n) is 8.19. The van der Waals surface area contributed by atoms with Crippen molar-refractivity contribution in [2.75, 3.05) is 37.6 Å². The third-order valence-corrected chi connectivity index (χ3v) is 4.65. The molecule has 1 aliphatic rings. The highest BCUT2D eigenvalue weighted by atomic mass is 16.2. The summed E-state index contributed by atoms with van der Waals surface area (Å²) in [7, 11) is 0. The fourth-order valence-electron chi connectivity index (χ4n) is 2.64. The summed E-state index contributed by atoms with van der Waals surface area (Å²) in [6, 6.07) is 12.6. The Hall–Kier alpha value is -2.06. The molecule has 1 atom stereocenters. The molecule has 1 fully saturated rings. The molecule has 5 heteroatoms. The Balaban J connectivity index is 1.82. The summed E-state index contributed by atoms with van der Waals surface area (Å²) in [6.07, 6.45) is 0.